The maximum Gasteiger partial charge on any atom is 0.325 e. The van der Waals surface area contributed by atoms with Gasteiger partial charge in [0.1, 0.15) is 11.6 Å². The number of amides is 3. The normalized spacial score (nSPS) is 10.6. The summed E-state index contributed by atoms with van der Waals surface area (Å²) in [6.07, 6.45) is 0. The standard InChI is InChI=1S/C21H15FN4O3S/c22-13-3-1-12(2-4-13)19(28)23-14-5-7-15(8-6-14)24-20(29)26-21-25-17-10-9-16(27)11-18(17)30-21/h1-11,27H,(H,23,28)(H2,24,25,26,29). The molecule has 0 atom stereocenters. The molecule has 4 aromatic rings. The maximum atomic E-state index is 12.9. The van der Waals surface area contributed by atoms with Gasteiger partial charge in [0.15, 0.2) is 5.13 Å². The van der Waals surface area contributed by atoms with Crippen LogP contribution in [0.3, 0.4) is 0 Å². The highest BCUT2D eigenvalue weighted by Crippen LogP contribution is 2.28. The fraction of sp³-hybridized carbons (Fsp3) is 0. The minimum atomic E-state index is -0.471. The molecule has 0 bridgehead atoms. The number of carbonyl (C=O) groups is 2. The van der Waals surface area contributed by atoms with Crippen LogP contribution in [0.2, 0.25) is 0 Å². The van der Waals surface area contributed by atoms with E-state index in [9.17, 15) is 19.1 Å². The molecule has 150 valence electrons. The van der Waals surface area contributed by atoms with Crippen LogP contribution in [0.15, 0.2) is 66.7 Å². The van der Waals surface area contributed by atoms with Gasteiger partial charge in [-0.1, -0.05) is 11.3 Å². The summed E-state index contributed by atoms with van der Waals surface area (Å²) in [7, 11) is 0. The molecule has 0 aliphatic heterocycles. The first-order chi connectivity index (χ1) is 14.5. The van der Waals surface area contributed by atoms with E-state index in [-0.39, 0.29) is 11.7 Å². The van der Waals surface area contributed by atoms with Crippen molar-refractivity contribution in [3.63, 3.8) is 0 Å². The topological polar surface area (TPSA) is 103 Å². The van der Waals surface area contributed by atoms with E-state index in [1.165, 1.54) is 41.7 Å². The van der Waals surface area contributed by atoms with Crippen LogP contribution in [0.4, 0.5) is 25.7 Å². The van der Waals surface area contributed by atoms with Crippen molar-refractivity contribution in [2.45, 2.75) is 0 Å². The molecule has 1 aromatic heterocycles. The summed E-state index contributed by atoms with van der Waals surface area (Å²) < 4.78 is 13.7. The summed E-state index contributed by atoms with van der Waals surface area (Å²) in [6.45, 7) is 0. The van der Waals surface area contributed by atoms with Crippen molar-refractivity contribution >= 4 is 50.0 Å². The molecule has 0 radical (unpaired) electrons. The molecule has 7 nitrogen and oxygen atoms in total. The fourth-order valence-corrected chi connectivity index (χ4v) is 3.56. The number of carbonyl (C=O) groups excluding carboxylic acids is 2. The van der Waals surface area contributed by atoms with Crippen LogP contribution < -0.4 is 16.0 Å². The Morgan fingerprint density at radius 1 is 0.867 bits per heavy atom. The Hall–Kier alpha value is -3.98. The number of aromatic hydroxyl groups is 1. The number of hydrogen-bond acceptors (Lipinski definition) is 5. The molecular weight excluding hydrogens is 407 g/mol. The van der Waals surface area contributed by atoms with Crippen molar-refractivity contribution < 1.29 is 19.1 Å². The number of urea groups is 1. The molecule has 0 aliphatic rings. The van der Waals surface area contributed by atoms with E-state index in [0.29, 0.717) is 27.6 Å². The zero-order valence-corrected chi connectivity index (χ0v) is 16.2. The van der Waals surface area contributed by atoms with Crippen LogP contribution in [-0.2, 0) is 0 Å². The lowest BCUT2D eigenvalue weighted by Gasteiger charge is -2.08. The van der Waals surface area contributed by atoms with Gasteiger partial charge in [-0.15, -0.1) is 0 Å². The lowest BCUT2D eigenvalue weighted by Crippen LogP contribution is -2.19. The smallest absolute Gasteiger partial charge is 0.325 e. The highest BCUT2D eigenvalue weighted by Gasteiger charge is 2.10. The first kappa shape index (κ1) is 19.3. The second-order valence-corrected chi connectivity index (χ2v) is 7.32. The average molecular weight is 422 g/mol. The van der Waals surface area contributed by atoms with Crippen molar-refractivity contribution in [1.29, 1.82) is 0 Å². The first-order valence-corrected chi connectivity index (χ1v) is 9.62. The molecule has 4 N–H and O–H groups in total. The summed E-state index contributed by atoms with van der Waals surface area (Å²) in [5.74, 6) is -0.645. The number of nitrogens with zero attached hydrogens (tertiary/aromatic N) is 1. The number of phenolic OH excluding ortho intramolecular Hbond substituents is 1. The highest BCUT2D eigenvalue weighted by atomic mass is 32.1. The maximum absolute atomic E-state index is 12.9. The lowest BCUT2D eigenvalue weighted by atomic mass is 10.2. The third-order valence-corrected chi connectivity index (χ3v) is 5.03. The van der Waals surface area contributed by atoms with E-state index in [4.69, 9.17) is 0 Å². The van der Waals surface area contributed by atoms with Crippen molar-refractivity contribution in [2.75, 3.05) is 16.0 Å². The van der Waals surface area contributed by atoms with E-state index in [1.807, 2.05) is 0 Å². The van der Waals surface area contributed by atoms with Gasteiger partial charge >= 0.3 is 6.03 Å². The number of hydrogen-bond donors (Lipinski definition) is 4. The van der Waals surface area contributed by atoms with Crippen LogP contribution >= 0.6 is 11.3 Å². The van der Waals surface area contributed by atoms with E-state index in [1.54, 1.807) is 36.4 Å². The second-order valence-electron chi connectivity index (χ2n) is 6.29. The summed E-state index contributed by atoms with van der Waals surface area (Å²) in [6, 6.07) is 16.1. The van der Waals surface area contributed by atoms with Crippen LogP contribution in [0.1, 0.15) is 10.4 Å². The molecule has 0 saturated carbocycles. The van der Waals surface area contributed by atoms with Gasteiger partial charge in [-0.25, -0.2) is 14.2 Å². The van der Waals surface area contributed by atoms with Gasteiger partial charge in [0, 0.05) is 16.9 Å². The van der Waals surface area contributed by atoms with Gasteiger partial charge < -0.3 is 15.7 Å². The van der Waals surface area contributed by atoms with Crippen LogP contribution in [-0.4, -0.2) is 22.0 Å². The number of benzene rings is 3. The number of anilines is 3. The Kier molecular flexibility index (Phi) is 5.27. The number of rotatable bonds is 4. The van der Waals surface area contributed by atoms with Crippen molar-refractivity contribution in [3.05, 3.63) is 78.1 Å². The number of thiazole rings is 1. The monoisotopic (exact) mass is 422 g/mol. The average Bonchev–Trinajstić information content (AvgIpc) is 3.11. The number of phenols is 1. The zero-order valence-electron chi connectivity index (χ0n) is 15.3. The Balaban J connectivity index is 1.35. The van der Waals surface area contributed by atoms with Gasteiger partial charge in [-0.2, -0.15) is 0 Å². The lowest BCUT2D eigenvalue weighted by molar-refractivity contribution is 0.102. The van der Waals surface area contributed by atoms with Crippen molar-refractivity contribution in [2.24, 2.45) is 0 Å². The summed E-state index contributed by atoms with van der Waals surface area (Å²) in [5, 5.41) is 17.9. The molecule has 0 aliphatic carbocycles. The van der Waals surface area contributed by atoms with Gasteiger partial charge in [0.05, 0.1) is 10.2 Å². The zero-order chi connectivity index (χ0) is 21.1. The highest BCUT2D eigenvalue weighted by molar-refractivity contribution is 7.22. The molecule has 0 unspecified atom stereocenters. The molecular formula is C21H15FN4O3S. The minimum absolute atomic E-state index is 0.133. The third kappa shape index (κ3) is 4.53. The van der Waals surface area contributed by atoms with Crippen LogP contribution in [0.5, 0.6) is 5.75 Å². The van der Waals surface area contributed by atoms with Crippen molar-refractivity contribution in [1.82, 2.24) is 4.98 Å². The van der Waals surface area contributed by atoms with Gasteiger partial charge in [0.25, 0.3) is 5.91 Å². The third-order valence-electron chi connectivity index (χ3n) is 4.10. The minimum Gasteiger partial charge on any atom is -0.508 e. The van der Waals surface area contributed by atoms with Crippen LogP contribution in [0, 0.1) is 5.82 Å². The van der Waals surface area contributed by atoms with Crippen LogP contribution in [0.25, 0.3) is 10.2 Å². The van der Waals surface area contributed by atoms with E-state index in [0.717, 1.165) is 4.70 Å². The van der Waals surface area contributed by atoms with E-state index >= 15 is 0 Å². The second kappa shape index (κ2) is 8.18. The number of fused-ring (bicyclic) bond motifs is 1. The molecule has 4 rings (SSSR count). The molecule has 3 amide bonds. The van der Waals surface area contributed by atoms with Gasteiger partial charge in [-0.3, -0.25) is 10.1 Å². The summed E-state index contributed by atoms with van der Waals surface area (Å²) in [5.41, 5.74) is 2.06. The first-order valence-electron chi connectivity index (χ1n) is 8.81. The molecule has 30 heavy (non-hydrogen) atoms. The molecule has 1 heterocycles. The molecule has 9 heteroatoms. The number of aromatic nitrogens is 1. The Morgan fingerprint density at radius 2 is 1.53 bits per heavy atom. The number of halogens is 1. The molecule has 0 saturated heterocycles. The van der Waals surface area contributed by atoms with E-state index < -0.39 is 11.8 Å². The Labute approximate surface area is 174 Å². The molecule has 0 fully saturated rings. The number of nitrogens with one attached hydrogen (secondary N) is 3. The quantitative estimate of drug-likeness (QED) is 0.370. The SMILES string of the molecule is O=C(Nc1ccc(NC(=O)c2ccc(F)cc2)cc1)Nc1nc2ccc(O)cc2s1. The van der Waals surface area contributed by atoms with Crippen molar-refractivity contribution in [3.8, 4) is 5.75 Å². The fourth-order valence-electron chi connectivity index (χ4n) is 2.67. The Morgan fingerprint density at radius 3 is 2.23 bits per heavy atom. The van der Waals surface area contributed by atoms with Gasteiger partial charge in [-0.05, 0) is 66.7 Å². The largest absolute Gasteiger partial charge is 0.508 e. The predicted molar refractivity (Wildman–Crippen MR) is 115 cm³/mol. The molecule has 0 spiro atoms. The van der Waals surface area contributed by atoms with E-state index in [2.05, 4.69) is 20.9 Å². The molecule has 3 aromatic carbocycles. The van der Waals surface area contributed by atoms with Gasteiger partial charge in [0.2, 0.25) is 0 Å². The summed E-state index contributed by atoms with van der Waals surface area (Å²) >= 11 is 1.24. The predicted octanol–water partition coefficient (Wildman–Crippen LogP) is 5.04. The summed E-state index contributed by atoms with van der Waals surface area (Å²) in [4.78, 5) is 28.6. The Bertz CT molecular complexity index is 1220.